The molecule has 0 aromatic heterocycles. The van der Waals surface area contributed by atoms with E-state index >= 15 is 0 Å². The van der Waals surface area contributed by atoms with E-state index in [2.05, 4.69) is 13.2 Å². The number of rotatable bonds is 4. The molecule has 2 atom stereocenters. The van der Waals surface area contributed by atoms with Crippen molar-refractivity contribution in [1.29, 1.82) is 0 Å². The number of nitrogens with zero attached hydrogens (tertiary/aromatic N) is 2. The zero-order valence-corrected chi connectivity index (χ0v) is 11.4. The third-order valence-electron chi connectivity index (χ3n) is 4.03. The van der Waals surface area contributed by atoms with Crippen LogP contribution in [0.1, 0.15) is 32.1 Å². The number of likely N-dealkylation sites (tertiary alicyclic amines) is 2. The lowest BCUT2D eigenvalue weighted by molar-refractivity contribution is -0.143. The molecule has 0 spiro atoms. The molecule has 0 aliphatic carbocycles. The van der Waals surface area contributed by atoms with Gasteiger partial charge in [-0.05, 0) is 25.7 Å². The number of hydrogen-bond donors (Lipinski definition) is 0. The zero-order valence-electron chi connectivity index (χ0n) is 11.4. The molecule has 2 aliphatic heterocycles. The van der Waals surface area contributed by atoms with Gasteiger partial charge in [0.15, 0.2) is 0 Å². The Morgan fingerprint density at radius 2 is 1.79 bits per heavy atom. The van der Waals surface area contributed by atoms with E-state index in [9.17, 15) is 9.59 Å². The molecule has 2 aliphatic rings. The van der Waals surface area contributed by atoms with Gasteiger partial charge in [0.2, 0.25) is 11.8 Å². The second-order valence-electron chi connectivity index (χ2n) is 5.21. The minimum atomic E-state index is -0.270. The molecule has 2 amide bonds. The summed E-state index contributed by atoms with van der Waals surface area (Å²) >= 11 is 0. The van der Waals surface area contributed by atoms with Gasteiger partial charge >= 0.3 is 0 Å². The van der Waals surface area contributed by atoms with Crippen molar-refractivity contribution < 1.29 is 9.59 Å². The van der Waals surface area contributed by atoms with Gasteiger partial charge in [-0.25, -0.2) is 0 Å². The minimum absolute atomic E-state index is 0.0141. The topological polar surface area (TPSA) is 40.6 Å². The molecule has 2 heterocycles. The van der Waals surface area contributed by atoms with Crippen molar-refractivity contribution in [3.8, 4) is 0 Å². The van der Waals surface area contributed by atoms with Crippen molar-refractivity contribution in [3.05, 3.63) is 25.3 Å². The van der Waals surface area contributed by atoms with Crippen molar-refractivity contribution in [2.75, 3.05) is 13.1 Å². The first-order chi connectivity index (χ1) is 9.19. The highest BCUT2D eigenvalue weighted by molar-refractivity contribution is 5.89. The van der Waals surface area contributed by atoms with Crippen molar-refractivity contribution in [2.45, 2.75) is 44.2 Å². The van der Waals surface area contributed by atoms with Gasteiger partial charge in [0.05, 0.1) is 0 Å². The molecule has 104 valence electrons. The van der Waals surface area contributed by atoms with E-state index in [1.807, 2.05) is 11.0 Å². The molecule has 19 heavy (non-hydrogen) atoms. The summed E-state index contributed by atoms with van der Waals surface area (Å²) in [6.45, 7) is 8.86. The molecule has 4 nitrogen and oxygen atoms in total. The van der Waals surface area contributed by atoms with E-state index < -0.39 is 0 Å². The summed E-state index contributed by atoms with van der Waals surface area (Å²) in [5.41, 5.74) is 0. The smallest absolute Gasteiger partial charge is 0.245 e. The molecule has 4 heteroatoms. The van der Waals surface area contributed by atoms with E-state index in [-0.39, 0.29) is 23.9 Å². The SMILES string of the molecule is C=CCC(=O)N1CCCC1C(=O)N1CCC[C@H]1C=C. The van der Waals surface area contributed by atoms with Crippen LogP contribution in [0.2, 0.25) is 0 Å². The van der Waals surface area contributed by atoms with Crippen LogP contribution in [-0.2, 0) is 9.59 Å². The standard InChI is InChI=1S/C15H22N2O2/c1-3-7-14(18)17-11-6-9-13(17)15(19)16-10-5-8-12(16)4-2/h3-4,12-13H,1-2,5-11H2/t12-,13?/m1/s1. The first kappa shape index (κ1) is 13.8. The van der Waals surface area contributed by atoms with Gasteiger partial charge in [-0.15, -0.1) is 13.2 Å². The number of amides is 2. The minimum Gasteiger partial charge on any atom is -0.334 e. The summed E-state index contributed by atoms with van der Waals surface area (Å²) in [5, 5.41) is 0. The van der Waals surface area contributed by atoms with Gasteiger partial charge in [-0.1, -0.05) is 12.2 Å². The lowest BCUT2D eigenvalue weighted by atomic mass is 10.1. The summed E-state index contributed by atoms with van der Waals surface area (Å²) in [6.07, 6.45) is 7.46. The van der Waals surface area contributed by atoms with Gasteiger partial charge in [0.1, 0.15) is 6.04 Å². The Bertz CT molecular complexity index is 392. The van der Waals surface area contributed by atoms with Crippen molar-refractivity contribution in [1.82, 2.24) is 9.80 Å². The van der Waals surface area contributed by atoms with Crippen LogP contribution >= 0.6 is 0 Å². The predicted octanol–water partition coefficient (Wildman–Crippen LogP) is 1.73. The normalized spacial score (nSPS) is 26.5. The molecule has 0 aromatic rings. The van der Waals surface area contributed by atoms with Gasteiger partial charge < -0.3 is 9.80 Å². The third-order valence-corrected chi connectivity index (χ3v) is 4.03. The van der Waals surface area contributed by atoms with Crippen LogP contribution in [0.3, 0.4) is 0 Å². The average Bonchev–Trinajstić information content (AvgIpc) is 3.06. The van der Waals surface area contributed by atoms with Crippen LogP contribution < -0.4 is 0 Å². The molecule has 1 unspecified atom stereocenters. The molecule has 0 N–H and O–H groups in total. The predicted molar refractivity (Wildman–Crippen MR) is 74.5 cm³/mol. The highest BCUT2D eigenvalue weighted by atomic mass is 16.2. The van der Waals surface area contributed by atoms with E-state index in [0.29, 0.717) is 13.0 Å². The molecule has 0 saturated carbocycles. The van der Waals surface area contributed by atoms with Crippen LogP contribution in [0.15, 0.2) is 25.3 Å². The number of carbonyl (C=O) groups is 2. The molecular weight excluding hydrogens is 240 g/mol. The fraction of sp³-hybridized carbons (Fsp3) is 0.600. The Hall–Kier alpha value is -1.58. The van der Waals surface area contributed by atoms with Crippen LogP contribution in [0.5, 0.6) is 0 Å². The lowest BCUT2D eigenvalue weighted by Gasteiger charge is -2.30. The zero-order chi connectivity index (χ0) is 13.8. The highest BCUT2D eigenvalue weighted by Crippen LogP contribution is 2.25. The second kappa shape index (κ2) is 6.04. The van der Waals surface area contributed by atoms with Crippen LogP contribution in [0.25, 0.3) is 0 Å². The Kier molecular flexibility index (Phi) is 4.40. The van der Waals surface area contributed by atoms with Crippen LogP contribution in [0, 0.1) is 0 Å². The largest absolute Gasteiger partial charge is 0.334 e. The van der Waals surface area contributed by atoms with E-state index in [0.717, 1.165) is 32.2 Å². The summed E-state index contributed by atoms with van der Waals surface area (Å²) in [5.74, 6) is 0.109. The van der Waals surface area contributed by atoms with Gasteiger partial charge in [-0.2, -0.15) is 0 Å². The molecule has 0 radical (unpaired) electrons. The van der Waals surface area contributed by atoms with Crippen molar-refractivity contribution in [3.63, 3.8) is 0 Å². The first-order valence-electron chi connectivity index (χ1n) is 7.02. The Balaban J connectivity index is 2.07. The van der Waals surface area contributed by atoms with E-state index in [1.54, 1.807) is 11.0 Å². The molecule has 2 saturated heterocycles. The summed E-state index contributed by atoms with van der Waals surface area (Å²) in [4.78, 5) is 28.2. The second-order valence-corrected chi connectivity index (χ2v) is 5.21. The monoisotopic (exact) mass is 262 g/mol. The van der Waals surface area contributed by atoms with Crippen molar-refractivity contribution >= 4 is 11.8 Å². The third kappa shape index (κ3) is 2.72. The molecule has 0 aromatic carbocycles. The lowest BCUT2D eigenvalue weighted by Crippen LogP contribution is -2.48. The van der Waals surface area contributed by atoms with Gasteiger partial charge in [0.25, 0.3) is 0 Å². The summed E-state index contributed by atoms with van der Waals surface area (Å²) in [7, 11) is 0. The molecule has 2 rings (SSSR count). The van der Waals surface area contributed by atoms with E-state index in [1.165, 1.54) is 0 Å². The van der Waals surface area contributed by atoms with Gasteiger partial charge in [0, 0.05) is 25.6 Å². The summed E-state index contributed by atoms with van der Waals surface area (Å²) < 4.78 is 0. The fourth-order valence-electron chi connectivity index (χ4n) is 3.07. The summed E-state index contributed by atoms with van der Waals surface area (Å²) in [6, 6.07) is -0.127. The van der Waals surface area contributed by atoms with Gasteiger partial charge in [-0.3, -0.25) is 9.59 Å². The Morgan fingerprint density at radius 3 is 2.47 bits per heavy atom. The van der Waals surface area contributed by atoms with Crippen LogP contribution in [-0.4, -0.2) is 46.8 Å². The van der Waals surface area contributed by atoms with E-state index in [4.69, 9.17) is 0 Å². The molecule has 2 fully saturated rings. The quantitative estimate of drug-likeness (QED) is 0.724. The molecule has 0 bridgehead atoms. The number of hydrogen-bond acceptors (Lipinski definition) is 2. The molecular formula is C15H22N2O2. The maximum atomic E-state index is 12.6. The maximum absolute atomic E-state index is 12.6. The maximum Gasteiger partial charge on any atom is 0.245 e. The van der Waals surface area contributed by atoms with Crippen LogP contribution in [0.4, 0.5) is 0 Å². The fourth-order valence-corrected chi connectivity index (χ4v) is 3.07. The average molecular weight is 262 g/mol. The number of carbonyl (C=O) groups excluding carboxylic acids is 2. The first-order valence-corrected chi connectivity index (χ1v) is 7.02. The Labute approximate surface area is 114 Å². The van der Waals surface area contributed by atoms with Crippen molar-refractivity contribution in [2.24, 2.45) is 0 Å². The highest BCUT2D eigenvalue weighted by Gasteiger charge is 2.38. The Morgan fingerprint density at radius 1 is 1.11 bits per heavy atom.